The molecule has 0 amide bonds. The summed E-state index contributed by atoms with van der Waals surface area (Å²) in [6.45, 7) is 0.131. The van der Waals surface area contributed by atoms with E-state index in [1.165, 1.54) is 0 Å². The predicted octanol–water partition coefficient (Wildman–Crippen LogP) is -0.386. The van der Waals surface area contributed by atoms with Gasteiger partial charge in [0, 0.05) is 0 Å². The van der Waals surface area contributed by atoms with Gasteiger partial charge in [0.15, 0.2) is 5.82 Å². The third-order valence-corrected chi connectivity index (χ3v) is 2.43. The molecule has 60 valence electrons. The van der Waals surface area contributed by atoms with E-state index in [0.29, 0.717) is 5.82 Å². The zero-order valence-corrected chi connectivity index (χ0v) is 6.12. The highest BCUT2D eigenvalue weighted by atomic mass is 16.3. The van der Waals surface area contributed by atoms with Crippen molar-refractivity contribution < 1.29 is 5.11 Å². The van der Waals surface area contributed by atoms with Crippen LogP contribution in [0.3, 0.4) is 0 Å². The number of aliphatic hydroxyl groups excluding tert-OH is 1. The summed E-state index contributed by atoms with van der Waals surface area (Å²) in [6.07, 6.45) is 3.10. The van der Waals surface area contributed by atoms with Crippen LogP contribution in [0.1, 0.15) is 25.1 Å². The van der Waals surface area contributed by atoms with Gasteiger partial charge in [-0.15, -0.1) is 10.2 Å². The lowest BCUT2D eigenvalue weighted by Gasteiger charge is -2.36. The fraction of sp³-hybridized carbons (Fsp3) is 0.833. The molecule has 2 rings (SSSR count). The van der Waals surface area contributed by atoms with Gasteiger partial charge in [-0.05, 0) is 12.8 Å². The Hall–Kier alpha value is -0.970. The van der Waals surface area contributed by atoms with Crippen molar-refractivity contribution in [1.82, 2.24) is 20.6 Å². The lowest BCUT2D eigenvalue weighted by Crippen LogP contribution is -2.39. The van der Waals surface area contributed by atoms with E-state index in [0.717, 1.165) is 19.3 Å². The topological polar surface area (TPSA) is 74.7 Å². The summed E-state index contributed by atoms with van der Waals surface area (Å²) in [5, 5.41) is 22.7. The van der Waals surface area contributed by atoms with Crippen molar-refractivity contribution in [2.45, 2.75) is 24.7 Å². The monoisotopic (exact) mass is 154 g/mol. The number of hydrogen-bond acceptors (Lipinski definition) is 4. The van der Waals surface area contributed by atoms with Crippen LogP contribution in [-0.4, -0.2) is 32.3 Å². The van der Waals surface area contributed by atoms with Crippen LogP contribution in [0.4, 0.5) is 0 Å². The lowest BCUT2D eigenvalue weighted by molar-refractivity contribution is 0.112. The van der Waals surface area contributed by atoms with Gasteiger partial charge in [0.1, 0.15) is 0 Å². The second-order valence-corrected chi connectivity index (χ2v) is 3.03. The van der Waals surface area contributed by atoms with Crippen LogP contribution >= 0.6 is 0 Å². The van der Waals surface area contributed by atoms with Gasteiger partial charge in [-0.3, -0.25) is 0 Å². The van der Waals surface area contributed by atoms with E-state index in [2.05, 4.69) is 20.6 Å². The van der Waals surface area contributed by atoms with Crippen LogP contribution in [0.2, 0.25) is 0 Å². The number of nitrogens with zero attached hydrogens (tertiary/aromatic N) is 3. The smallest absolute Gasteiger partial charge is 0.182 e. The average Bonchev–Trinajstić information content (AvgIpc) is 2.39. The summed E-state index contributed by atoms with van der Waals surface area (Å²) in [4.78, 5) is 0. The van der Waals surface area contributed by atoms with E-state index in [-0.39, 0.29) is 12.0 Å². The SMILES string of the molecule is OCC1(c2nn[nH]n2)CCC1. The van der Waals surface area contributed by atoms with Crippen molar-refractivity contribution in [1.29, 1.82) is 0 Å². The Labute approximate surface area is 63.8 Å². The Morgan fingerprint density at radius 3 is 2.73 bits per heavy atom. The summed E-state index contributed by atoms with van der Waals surface area (Å²) >= 11 is 0. The Kier molecular flexibility index (Phi) is 1.38. The molecule has 1 aromatic rings. The Morgan fingerprint density at radius 2 is 2.36 bits per heavy atom. The summed E-state index contributed by atoms with van der Waals surface area (Å²) in [6, 6.07) is 0. The fourth-order valence-electron chi connectivity index (χ4n) is 1.44. The zero-order chi connectivity index (χ0) is 7.73. The number of aromatic nitrogens is 4. The van der Waals surface area contributed by atoms with Crippen LogP contribution in [0.25, 0.3) is 0 Å². The van der Waals surface area contributed by atoms with Gasteiger partial charge in [0.2, 0.25) is 0 Å². The number of nitrogens with one attached hydrogen (secondary N) is 1. The number of aromatic amines is 1. The minimum absolute atomic E-state index is 0.131. The molecule has 0 bridgehead atoms. The van der Waals surface area contributed by atoms with Gasteiger partial charge in [0.05, 0.1) is 12.0 Å². The molecule has 0 unspecified atom stereocenters. The Balaban J connectivity index is 2.25. The van der Waals surface area contributed by atoms with E-state index in [4.69, 9.17) is 5.11 Å². The summed E-state index contributed by atoms with van der Waals surface area (Å²) in [5.74, 6) is 0.659. The van der Waals surface area contributed by atoms with Crippen LogP contribution in [0.5, 0.6) is 0 Å². The normalized spacial score (nSPS) is 21.2. The molecule has 1 aliphatic rings. The molecule has 1 heterocycles. The molecule has 2 N–H and O–H groups in total. The molecule has 1 saturated carbocycles. The molecule has 0 saturated heterocycles. The van der Waals surface area contributed by atoms with Gasteiger partial charge in [0.25, 0.3) is 0 Å². The molecule has 5 heteroatoms. The number of aliphatic hydroxyl groups is 1. The molecular formula is C6H10N4O. The van der Waals surface area contributed by atoms with Crippen molar-refractivity contribution in [3.63, 3.8) is 0 Å². The summed E-state index contributed by atoms with van der Waals surface area (Å²) in [7, 11) is 0. The average molecular weight is 154 g/mol. The summed E-state index contributed by atoms with van der Waals surface area (Å²) in [5.41, 5.74) is -0.174. The highest BCUT2D eigenvalue weighted by Crippen LogP contribution is 2.40. The Bertz CT molecular complexity index is 223. The number of tetrazole rings is 1. The van der Waals surface area contributed by atoms with E-state index in [1.807, 2.05) is 0 Å². The minimum Gasteiger partial charge on any atom is -0.395 e. The van der Waals surface area contributed by atoms with Crippen molar-refractivity contribution in [3.8, 4) is 0 Å². The molecule has 0 aliphatic heterocycles. The second kappa shape index (κ2) is 2.27. The van der Waals surface area contributed by atoms with E-state index < -0.39 is 0 Å². The van der Waals surface area contributed by atoms with E-state index in [1.54, 1.807) is 0 Å². The van der Waals surface area contributed by atoms with E-state index in [9.17, 15) is 0 Å². The first-order chi connectivity index (χ1) is 5.37. The first kappa shape index (κ1) is 6.72. The van der Waals surface area contributed by atoms with E-state index >= 15 is 0 Å². The second-order valence-electron chi connectivity index (χ2n) is 3.03. The molecule has 1 aliphatic carbocycles. The third kappa shape index (κ3) is 0.841. The molecule has 5 nitrogen and oxygen atoms in total. The van der Waals surface area contributed by atoms with Crippen molar-refractivity contribution in [2.75, 3.05) is 6.61 Å². The predicted molar refractivity (Wildman–Crippen MR) is 36.8 cm³/mol. The van der Waals surface area contributed by atoms with Gasteiger partial charge >= 0.3 is 0 Å². The molecule has 0 aromatic carbocycles. The first-order valence-corrected chi connectivity index (χ1v) is 3.72. The highest BCUT2D eigenvalue weighted by Gasteiger charge is 2.41. The van der Waals surface area contributed by atoms with Gasteiger partial charge in [-0.1, -0.05) is 11.6 Å². The van der Waals surface area contributed by atoms with Crippen LogP contribution < -0.4 is 0 Å². The maximum Gasteiger partial charge on any atom is 0.182 e. The molecular weight excluding hydrogens is 144 g/mol. The fourth-order valence-corrected chi connectivity index (χ4v) is 1.44. The maximum absolute atomic E-state index is 9.09. The quantitative estimate of drug-likeness (QED) is 0.608. The van der Waals surface area contributed by atoms with Crippen molar-refractivity contribution >= 4 is 0 Å². The molecule has 11 heavy (non-hydrogen) atoms. The molecule has 0 atom stereocenters. The van der Waals surface area contributed by atoms with Crippen molar-refractivity contribution in [2.24, 2.45) is 0 Å². The first-order valence-electron chi connectivity index (χ1n) is 3.72. The van der Waals surface area contributed by atoms with Gasteiger partial charge in [-0.2, -0.15) is 5.21 Å². The molecule has 0 spiro atoms. The lowest BCUT2D eigenvalue weighted by atomic mass is 9.69. The zero-order valence-electron chi connectivity index (χ0n) is 6.12. The minimum atomic E-state index is -0.174. The maximum atomic E-state index is 9.09. The number of H-pyrrole nitrogens is 1. The number of hydrogen-bond donors (Lipinski definition) is 2. The van der Waals surface area contributed by atoms with Crippen LogP contribution in [0.15, 0.2) is 0 Å². The molecule has 0 radical (unpaired) electrons. The standard InChI is InChI=1S/C6H10N4O/c11-4-6(2-1-3-6)5-7-9-10-8-5/h11H,1-4H2,(H,7,8,9,10). The molecule has 1 fully saturated rings. The van der Waals surface area contributed by atoms with Crippen molar-refractivity contribution in [3.05, 3.63) is 5.82 Å². The Morgan fingerprint density at radius 1 is 1.55 bits per heavy atom. The van der Waals surface area contributed by atoms with Crippen LogP contribution in [-0.2, 0) is 5.41 Å². The third-order valence-electron chi connectivity index (χ3n) is 2.43. The van der Waals surface area contributed by atoms with Crippen LogP contribution in [0, 0.1) is 0 Å². The highest BCUT2D eigenvalue weighted by molar-refractivity contribution is 5.10. The van der Waals surface area contributed by atoms with Gasteiger partial charge in [-0.25, -0.2) is 0 Å². The largest absolute Gasteiger partial charge is 0.395 e. The van der Waals surface area contributed by atoms with Gasteiger partial charge < -0.3 is 5.11 Å². The molecule has 1 aromatic heterocycles. The number of rotatable bonds is 2. The summed E-state index contributed by atoms with van der Waals surface area (Å²) < 4.78 is 0.